The van der Waals surface area contributed by atoms with E-state index >= 15 is 0 Å². The van der Waals surface area contributed by atoms with Crippen molar-refractivity contribution in [3.8, 4) is 0 Å². The number of hydrogen-bond acceptors (Lipinski definition) is 3. The molecule has 2 amide bonds. The number of rotatable bonds is 5. The average Bonchev–Trinajstić information content (AvgIpc) is 3.12. The van der Waals surface area contributed by atoms with E-state index in [9.17, 15) is 9.59 Å². The minimum absolute atomic E-state index is 0.175. The number of anilines is 1. The zero-order valence-electron chi connectivity index (χ0n) is 16.1. The molecule has 30 heavy (non-hydrogen) atoms. The van der Waals surface area contributed by atoms with Crippen molar-refractivity contribution in [2.45, 2.75) is 32.2 Å². The second-order valence-corrected chi connectivity index (χ2v) is 9.03. The lowest BCUT2D eigenvalue weighted by molar-refractivity contribution is 0.0951. The van der Waals surface area contributed by atoms with Crippen molar-refractivity contribution in [2.24, 2.45) is 0 Å². The van der Waals surface area contributed by atoms with Crippen LogP contribution in [-0.4, -0.2) is 11.8 Å². The SMILES string of the molecule is O=C(Nc1sc2c(c1C(=O)NCc1ccccc1)CCCC2)c1cccc(Cl)c1Cl. The first-order valence-corrected chi connectivity index (χ1v) is 11.3. The number of aryl methyl sites for hydroxylation is 1. The topological polar surface area (TPSA) is 58.2 Å². The van der Waals surface area contributed by atoms with Gasteiger partial charge in [0.2, 0.25) is 0 Å². The number of amides is 2. The normalized spacial score (nSPS) is 12.9. The Morgan fingerprint density at radius 3 is 2.50 bits per heavy atom. The fourth-order valence-corrected chi connectivity index (χ4v) is 5.28. The number of halogens is 2. The summed E-state index contributed by atoms with van der Waals surface area (Å²) in [5, 5.41) is 6.98. The highest BCUT2D eigenvalue weighted by Crippen LogP contribution is 2.38. The zero-order chi connectivity index (χ0) is 21.1. The summed E-state index contributed by atoms with van der Waals surface area (Å²) < 4.78 is 0. The van der Waals surface area contributed by atoms with Crippen LogP contribution in [0.25, 0.3) is 0 Å². The summed E-state index contributed by atoms with van der Waals surface area (Å²) in [6.07, 6.45) is 3.89. The predicted octanol–water partition coefficient (Wildman–Crippen LogP) is 6.12. The highest BCUT2D eigenvalue weighted by molar-refractivity contribution is 7.17. The standard InChI is InChI=1S/C23H20Cl2N2O2S/c24-17-11-6-10-16(20(17)25)21(28)27-23-19(15-9-4-5-12-18(15)30-23)22(29)26-13-14-7-2-1-3-8-14/h1-3,6-8,10-11H,4-5,9,12-13H2,(H,26,29)(H,27,28). The Bertz CT molecular complexity index is 1100. The number of carbonyl (C=O) groups is 2. The summed E-state index contributed by atoms with van der Waals surface area (Å²) in [6.45, 7) is 0.428. The summed E-state index contributed by atoms with van der Waals surface area (Å²) in [5.74, 6) is -0.552. The highest BCUT2D eigenvalue weighted by atomic mass is 35.5. The van der Waals surface area contributed by atoms with Gasteiger partial charge in [0.15, 0.2) is 0 Å². The second kappa shape index (κ2) is 9.21. The predicted molar refractivity (Wildman–Crippen MR) is 123 cm³/mol. The van der Waals surface area contributed by atoms with Crippen molar-refractivity contribution in [2.75, 3.05) is 5.32 Å². The highest BCUT2D eigenvalue weighted by Gasteiger charge is 2.27. The molecule has 2 N–H and O–H groups in total. The van der Waals surface area contributed by atoms with Crippen LogP contribution in [0.4, 0.5) is 5.00 Å². The molecule has 7 heteroatoms. The number of thiophene rings is 1. The molecular formula is C23H20Cl2N2O2S. The Hall–Kier alpha value is -2.34. The van der Waals surface area contributed by atoms with Gasteiger partial charge in [0.05, 0.1) is 21.2 Å². The molecule has 1 heterocycles. The van der Waals surface area contributed by atoms with E-state index in [1.807, 2.05) is 30.3 Å². The van der Waals surface area contributed by atoms with E-state index in [4.69, 9.17) is 23.2 Å². The Labute approximate surface area is 189 Å². The molecule has 1 aliphatic rings. The lowest BCUT2D eigenvalue weighted by Gasteiger charge is -2.13. The third-order valence-electron chi connectivity index (χ3n) is 5.12. The van der Waals surface area contributed by atoms with Gasteiger partial charge >= 0.3 is 0 Å². The quantitative estimate of drug-likeness (QED) is 0.483. The Morgan fingerprint density at radius 2 is 1.70 bits per heavy atom. The van der Waals surface area contributed by atoms with E-state index in [2.05, 4.69) is 10.6 Å². The van der Waals surface area contributed by atoms with Crippen LogP contribution in [0.15, 0.2) is 48.5 Å². The molecule has 0 unspecified atom stereocenters. The minimum Gasteiger partial charge on any atom is -0.348 e. The molecule has 1 aromatic heterocycles. The van der Waals surface area contributed by atoms with E-state index in [1.54, 1.807) is 18.2 Å². The largest absolute Gasteiger partial charge is 0.348 e. The zero-order valence-corrected chi connectivity index (χ0v) is 18.5. The van der Waals surface area contributed by atoms with Crippen LogP contribution in [0, 0.1) is 0 Å². The molecule has 0 bridgehead atoms. The van der Waals surface area contributed by atoms with Gasteiger partial charge in [0.25, 0.3) is 11.8 Å². The molecule has 2 aromatic carbocycles. The maximum Gasteiger partial charge on any atom is 0.257 e. The summed E-state index contributed by atoms with van der Waals surface area (Å²) in [6, 6.07) is 14.7. The van der Waals surface area contributed by atoms with Crippen LogP contribution in [0.1, 0.15) is 49.6 Å². The third-order valence-corrected chi connectivity index (χ3v) is 7.14. The number of nitrogens with one attached hydrogen (secondary N) is 2. The molecule has 3 aromatic rings. The van der Waals surface area contributed by atoms with Gasteiger partial charge in [-0.25, -0.2) is 0 Å². The van der Waals surface area contributed by atoms with Gasteiger partial charge < -0.3 is 10.6 Å². The van der Waals surface area contributed by atoms with Gasteiger partial charge in [-0.2, -0.15) is 0 Å². The Morgan fingerprint density at radius 1 is 0.933 bits per heavy atom. The molecule has 0 radical (unpaired) electrons. The van der Waals surface area contributed by atoms with Gasteiger partial charge in [0, 0.05) is 11.4 Å². The van der Waals surface area contributed by atoms with Crippen LogP contribution < -0.4 is 10.6 Å². The molecule has 0 saturated heterocycles. The molecular weight excluding hydrogens is 439 g/mol. The van der Waals surface area contributed by atoms with Crippen molar-refractivity contribution in [1.82, 2.24) is 5.32 Å². The van der Waals surface area contributed by atoms with Gasteiger partial charge in [-0.1, -0.05) is 59.6 Å². The molecule has 4 nitrogen and oxygen atoms in total. The molecule has 0 aliphatic heterocycles. The second-order valence-electron chi connectivity index (χ2n) is 7.14. The first kappa shape index (κ1) is 20.9. The Kier molecular flexibility index (Phi) is 6.42. The summed E-state index contributed by atoms with van der Waals surface area (Å²) in [7, 11) is 0. The van der Waals surface area contributed by atoms with Crippen LogP contribution in [0.3, 0.4) is 0 Å². The summed E-state index contributed by atoms with van der Waals surface area (Å²) in [4.78, 5) is 27.1. The molecule has 4 rings (SSSR count). The van der Waals surface area contributed by atoms with Crippen molar-refractivity contribution < 1.29 is 9.59 Å². The van der Waals surface area contributed by atoms with Gasteiger partial charge in [-0.05, 0) is 48.9 Å². The van der Waals surface area contributed by atoms with Crippen molar-refractivity contribution in [1.29, 1.82) is 0 Å². The van der Waals surface area contributed by atoms with Gasteiger partial charge in [0.1, 0.15) is 5.00 Å². The maximum absolute atomic E-state index is 13.1. The Balaban J connectivity index is 1.61. The monoisotopic (exact) mass is 458 g/mol. The van der Waals surface area contributed by atoms with Crippen molar-refractivity contribution in [3.63, 3.8) is 0 Å². The first-order chi connectivity index (χ1) is 14.5. The molecule has 0 spiro atoms. The lowest BCUT2D eigenvalue weighted by Crippen LogP contribution is -2.25. The lowest BCUT2D eigenvalue weighted by atomic mass is 9.95. The molecule has 0 saturated carbocycles. The van der Waals surface area contributed by atoms with Crippen LogP contribution in [-0.2, 0) is 19.4 Å². The molecule has 0 atom stereocenters. The van der Waals surface area contributed by atoms with Crippen LogP contribution in [0.2, 0.25) is 10.0 Å². The fourth-order valence-electron chi connectivity index (χ4n) is 3.61. The molecule has 1 aliphatic carbocycles. The maximum atomic E-state index is 13.1. The van der Waals surface area contributed by atoms with E-state index in [1.165, 1.54) is 16.2 Å². The number of hydrogen-bond donors (Lipinski definition) is 2. The number of fused-ring (bicyclic) bond motifs is 1. The molecule has 0 fully saturated rings. The van der Waals surface area contributed by atoms with E-state index in [0.717, 1.165) is 36.8 Å². The van der Waals surface area contributed by atoms with Crippen LogP contribution >= 0.6 is 34.5 Å². The van der Waals surface area contributed by atoms with Crippen molar-refractivity contribution in [3.05, 3.63) is 85.7 Å². The minimum atomic E-state index is -0.377. The number of carbonyl (C=O) groups excluding carboxylic acids is 2. The first-order valence-electron chi connectivity index (χ1n) is 9.76. The summed E-state index contributed by atoms with van der Waals surface area (Å²) in [5.41, 5.74) is 2.92. The van der Waals surface area contributed by atoms with Gasteiger partial charge in [-0.3, -0.25) is 9.59 Å². The number of benzene rings is 2. The van der Waals surface area contributed by atoms with Crippen molar-refractivity contribution >= 4 is 51.4 Å². The van der Waals surface area contributed by atoms with E-state index in [0.29, 0.717) is 22.1 Å². The third kappa shape index (κ3) is 4.38. The van der Waals surface area contributed by atoms with E-state index in [-0.39, 0.29) is 22.4 Å². The van der Waals surface area contributed by atoms with Crippen LogP contribution in [0.5, 0.6) is 0 Å². The fraction of sp³-hybridized carbons (Fsp3) is 0.217. The van der Waals surface area contributed by atoms with Gasteiger partial charge in [-0.15, -0.1) is 11.3 Å². The smallest absolute Gasteiger partial charge is 0.257 e. The summed E-state index contributed by atoms with van der Waals surface area (Å²) >= 11 is 13.7. The average molecular weight is 459 g/mol. The van der Waals surface area contributed by atoms with E-state index < -0.39 is 0 Å². The molecule has 154 valence electrons.